The van der Waals surface area contributed by atoms with Crippen LogP contribution in [-0.2, 0) is 25.7 Å². The van der Waals surface area contributed by atoms with Crippen LogP contribution in [0.25, 0.3) is 0 Å². The van der Waals surface area contributed by atoms with Crippen LogP contribution in [-0.4, -0.2) is 16.6 Å². The zero-order valence-corrected chi connectivity index (χ0v) is 14.0. The van der Waals surface area contributed by atoms with Crippen molar-refractivity contribution in [1.82, 2.24) is 0 Å². The minimum absolute atomic E-state index is 0.137. The van der Waals surface area contributed by atoms with Gasteiger partial charge in [-0.25, -0.2) is 0 Å². The fourth-order valence-corrected chi connectivity index (χ4v) is 2.75. The van der Waals surface area contributed by atoms with Gasteiger partial charge in [-0.1, -0.05) is 30.3 Å². The Morgan fingerprint density at radius 2 is 1.81 bits per heavy atom. The molecule has 21 heavy (non-hydrogen) atoms. The first-order valence-corrected chi connectivity index (χ1v) is 8.64. The van der Waals surface area contributed by atoms with Crippen LogP contribution in [0.3, 0.4) is 0 Å². The Balaban J connectivity index is 2.06. The van der Waals surface area contributed by atoms with E-state index < -0.39 is 17.9 Å². The minimum atomic E-state index is -1.02. The Morgan fingerprint density at radius 3 is 2.43 bits per heavy atom. The van der Waals surface area contributed by atoms with Gasteiger partial charge in [-0.15, -0.1) is 0 Å². The van der Waals surface area contributed by atoms with Gasteiger partial charge in [0.2, 0.25) is 0 Å². The summed E-state index contributed by atoms with van der Waals surface area (Å²) in [6, 6.07) is 11.1. The highest BCUT2D eigenvalue weighted by Crippen LogP contribution is 2.23. The van der Waals surface area contributed by atoms with Crippen molar-refractivity contribution >= 4 is 45.9 Å². The molecule has 0 saturated carbocycles. The highest BCUT2D eigenvalue weighted by atomic mass is 127. The van der Waals surface area contributed by atoms with Gasteiger partial charge in [0, 0.05) is 0 Å². The lowest BCUT2D eigenvalue weighted by Gasteiger charge is -2.13. The molecule has 2 aromatic rings. The van der Waals surface area contributed by atoms with E-state index in [9.17, 15) is 9.59 Å². The zero-order valence-electron chi connectivity index (χ0n) is 11.0. The normalized spacial score (nSPS) is 11.7. The van der Waals surface area contributed by atoms with Crippen molar-refractivity contribution in [2.24, 2.45) is 0 Å². The Morgan fingerprint density at radius 1 is 1.10 bits per heavy atom. The number of carbonyl (C=O) groups excluding carboxylic acids is 2. The molecule has 4 nitrogen and oxygen atoms in total. The molecule has 0 saturated heterocycles. The van der Waals surface area contributed by atoms with Crippen LogP contribution < -0.4 is 0 Å². The zero-order chi connectivity index (χ0) is 15.1. The van der Waals surface area contributed by atoms with Gasteiger partial charge < -0.3 is 9.47 Å². The van der Waals surface area contributed by atoms with Gasteiger partial charge in [0.25, 0.3) is 0 Å². The van der Waals surface area contributed by atoms with E-state index in [1.807, 2.05) is 58.3 Å². The third-order valence-electron chi connectivity index (χ3n) is 2.77. The lowest BCUT2D eigenvalue weighted by Crippen LogP contribution is -2.25. The number of ether oxygens (including phenoxy) is 2. The van der Waals surface area contributed by atoms with E-state index in [0.29, 0.717) is 5.56 Å². The molecule has 110 valence electrons. The van der Waals surface area contributed by atoms with Crippen LogP contribution in [0.15, 0.2) is 47.2 Å². The molecule has 2 rings (SSSR count). The maximum Gasteiger partial charge on any atom is 0.325 e. The van der Waals surface area contributed by atoms with E-state index in [0.717, 1.165) is 5.56 Å². The highest BCUT2D eigenvalue weighted by Gasteiger charge is 2.32. The number of halogens is 1. The van der Waals surface area contributed by atoms with Crippen LogP contribution in [0.1, 0.15) is 17.0 Å². The predicted octanol–water partition coefficient (Wildman–Crippen LogP) is 3.51. The van der Waals surface area contributed by atoms with E-state index in [-0.39, 0.29) is 11.2 Å². The van der Waals surface area contributed by atoms with Crippen molar-refractivity contribution in [3.05, 3.63) is 58.3 Å². The number of rotatable bonds is 6. The van der Waals surface area contributed by atoms with E-state index in [1.165, 1.54) is 11.3 Å². The molecule has 1 aromatic carbocycles. The fourth-order valence-electron chi connectivity index (χ4n) is 1.76. The second kappa shape index (κ2) is 8.14. The Bertz CT molecular complexity index is 583. The molecule has 1 atom stereocenters. The van der Waals surface area contributed by atoms with Gasteiger partial charge in [0.15, 0.2) is 5.92 Å². The number of hydrogen-bond acceptors (Lipinski definition) is 5. The summed E-state index contributed by atoms with van der Waals surface area (Å²) < 4.78 is 10.4. The summed E-state index contributed by atoms with van der Waals surface area (Å²) in [4.78, 5) is 24.2. The molecule has 0 radical (unpaired) electrons. The van der Waals surface area contributed by atoms with Crippen molar-refractivity contribution in [3.8, 4) is 0 Å². The third kappa shape index (κ3) is 4.53. The van der Waals surface area contributed by atoms with Crippen LogP contribution in [0.5, 0.6) is 0 Å². The van der Waals surface area contributed by atoms with Crippen molar-refractivity contribution in [2.45, 2.75) is 12.5 Å². The summed E-state index contributed by atoms with van der Waals surface area (Å²) in [5.74, 6) is -2.19. The van der Waals surface area contributed by atoms with Gasteiger partial charge >= 0.3 is 11.9 Å². The maximum absolute atomic E-state index is 12.2. The van der Waals surface area contributed by atoms with Gasteiger partial charge in [-0.3, -0.25) is 9.59 Å². The minimum Gasteiger partial charge on any atom is -0.460 e. The average Bonchev–Trinajstić information content (AvgIpc) is 3.00. The lowest BCUT2D eigenvalue weighted by molar-refractivity contribution is -0.157. The smallest absolute Gasteiger partial charge is 0.325 e. The molecule has 6 heteroatoms. The summed E-state index contributed by atoms with van der Waals surface area (Å²) in [7, 11) is 0. The number of thiophene rings is 1. The second-order valence-corrected chi connectivity index (χ2v) is 5.56. The average molecular weight is 416 g/mol. The largest absolute Gasteiger partial charge is 0.460 e. The standard InChI is InChI=1S/C15H13IO4S/c16-10-20-15(18)13(12-6-7-21-9-12)14(17)19-8-11-4-2-1-3-5-11/h1-7,9,13H,8,10H2. The van der Waals surface area contributed by atoms with E-state index in [1.54, 1.807) is 11.4 Å². The van der Waals surface area contributed by atoms with Crippen LogP contribution in [0.2, 0.25) is 0 Å². The summed E-state index contributed by atoms with van der Waals surface area (Å²) in [5, 5.41) is 3.56. The number of esters is 2. The molecule has 0 aliphatic rings. The molecule has 0 aliphatic carbocycles. The Hall–Kier alpha value is -1.41. The van der Waals surface area contributed by atoms with Crippen molar-refractivity contribution < 1.29 is 19.1 Å². The first kappa shape index (κ1) is 16.0. The van der Waals surface area contributed by atoms with Crippen molar-refractivity contribution in [3.63, 3.8) is 0 Å². The summed E-state index contributed by atoms with van der Waals surface area (Å²) in [6.45, 7) is 0.137. The van der Waals surface area contributed by atoms with E-state index in [4.69, 9.17) is 9.47 Å². The first-order chi connectivity index (χ1) is 10.2. The molecule has 1 heterocycles. The third-order valence-corrected chi connectivity index (χ3v) is 3.78. The molecule has 0 fully saturated rings. The van der Waals surface area contributed by atoms with Crippen molar-refractivity contribution in [2.75, 3.05) is 4.61 Å². The second-order valence-electron chi connectivity index (χ2n) is 4.16. The molecule has 0 aliphatic heterocycles. The first-order valence-electron chi connectivity index (χ1n) is 6.17. The van der Waals surface area contributed by atoms with Gasteiger partial charge in [-0.05, 0) is 50.5 Å². The fraction of sp³-hybridized carbons (Fsp3) is 0.200. The van der Waals surface area contributed by atoms with Crippen LogP contribution in [0, 0.1) is 0 Å². The molecule has 0 amide bonds. The summed E-state index contributed by atoms with van der Waals surface area (Å²) in [5.41, 5.74) is 1.48. The topological polar surface area (TPSA) is 52.6 Å². The summed E-state index contributed by atoms with van der Waals surface area (Å²) >= 11 is 3.33. The summed E-state index contributed by atoms with van der Waals surface area (Å²) in [6.07, 6.45) is 0. The molecule has 0 spiro atoms. The highest BCUT2D eigenvalue weighted by molar-refractivity contribution is 14.1. The van der Waals surface area contributed by atoms with Gasteiger partial charge in [0.05, 0.1) is 0 Å². The van der Waals surface area contributed by atoms with Gasteiger partial charge in [0.1, 0.15) is 11.2 Å². The Labute approximate surface area is 140 Å². The number of benzene rings is 1. The number of hydrogen-bond donors (Lipinski definition) is 0. The maximum atomic E-state index is 12.2. The monoisotopic (exact) mass is 416 g/mol. The molecule has 0 bridgehead atoms. The molecule has 0 N–H and O–H groups in total. The SMILES string of the molecule is O=C(OCI)C(C(=O)OCc1ccccc1)c1ccsc1. The number of carbonyl (C=O) groups is 2. The molecule has 1 aromatic heterocycles. The van der Waals surface area contributed by atoms with E-state index in [2.05, 4.69) is 0 Å². The quantitative estimate of drug-likeness (QED) is 0.313. The van der Waals surface area contributed by atoms with Crippen LogP contribution in [0.4, 0.5) is 0 Å². The molecule has 1 unspecified atom stereocenters. The van der Waals surface area contributed by atoms with E-state index >= 15 is 0 Å². The molecular weight excluding hydrogens is 403 g/mol. The van der Waals surface area contributed by atoms with Crippen molar-refractivity contribution in [1.29, 1.82) is 0 Å². The Kier molecular flexibility index (Phi) is 6.19. The predicted molar refractivity (Wildman–Crippen MR) is 88.3 cm³/mol. The number of alkyl halides is 1. The van der Waals surface area contributed by atoms with Crippen LogP contribution >= 0.6 is 33.9 Å². The van der Waals surface area contributed by atoms with Gasteiger partial charge in [-0.2, -0.15) is 11.3 Å². The lowest BCUT2D eigenvalue weighted by atomic mass is 10.0. The molecular formula is C15H13IO4S.